The van der Waals surface area contributed by atoms with Crippen molar-refractivity contribution in [2.75, 3.05) is 0 Å². The molecule has 4 rings (SSSR count). The Morgan fingerprint density at radius 2 is 1.68 bits per heavy atom. The molecule has 2 heterocycles. The zero-order valence-electron chi connectivity index (χ0n) is 14.1. The molecule has 0 N–H and O–H groups in total. The standard InChI is InChI=1S/C19H11FN2O5S/c20-11-5-7-12(8-6-11)26-9-16-21-15(10-28-16)19(25)27-22-17(23)13-3-1-2-4-14(13)18(22)24/h1-8,10H,9H2. The molecule has 0 fully saturated rings. The van der Waals surface area contributed by atoms with Gasteiger partial charge in [0.1, 0.15) is 23.2 Å². The number of benzene rings is 2. The Bertz CT molecular complexity index is 1040. The van der Waals surface area contributed by atoms with Gasteiger partial charge in [-0.25, -0.2) is 14.2 Å². The van der Waals surface area contributed by atoms with E-state index in [-0.39, 0.29) is 29.2 Å². The van der Waals surface area contributed by atoms with Crippen LogP contribution in [0.1, 0.15) is 36.2 Å². The van der Waals surface area contributed by atoms with Crippen LogP contribution in [0.2, 0.25) is 0 Å². The minimum atomic E-state index is -0.932. The molecule has 28 heavy (non-hydrogen) atoms. The van der Waals surface area contributed by atoms with Gasteiger partial charge in [0.15, 0.2) is 5.69 Å². The molecule has 0 aliphatic carbocycles. The van der Waals surface area contributed by atoms with Crippen molar-refractivity contribution in [1.29, 1.82) is 0 Å². The quantitative estimate of drug-likeness (QED) is 0.614. The van der Waals surface area contributed by atoms with Gasteiger partial charge in [-0.1, -0.05) is 17.2 Å². The lowest BCUT2D eigenvalue weighted by atomic mass is 10.1. The predicted octanol–water partition coefficient (Wildman–Crippen LogP) is 3.23. The van der Waals surface area contributed by atoms with E-state index in [0.717, 1.165) is 11.3 Å². The summed E-state index contributed by atoms with van der Waals surface area (Å²) in [6, 6.07) is 11.7. The fourth-order valence-electron chi connectivity index (χ4n) is 2.53. The highest BCUT2D eigenvalue weighted by Crippen LogP contribution is 2.24. The van der Waals surface area contributed by atoms with Gasteiger partial charge < -0.3 is 9.57 Å². The number of aromatic nitrogens is 1. The first-order valence-electron chi connectivity index (χ1n) is 8.06. The lowest BCUT2D eigenvalue weighted by Gasteiger charge is -2.11. The third-order valence-electron chi connectivity index (χ3n) is 3.87. The molecule has 2 amide bonds. The summed E-state index contributed by atoms with van der Waals surface area (Å²) < 4.78 is 18.3. The summed E-state index contributed by atoms with van der Waals surface area (Å²) in [5.41, 5.74) is 0.290. The molecule has 9 heteroatoms. The van der Waals surface area contributed by atoms with Gasteiger partial charge in [0.05, 0.1) is 11.1 Å². The first-order chi connectivity index (χ1) is 13.5. The Morgan fingerprint density at radius 1 is 1.04 bits per heavy atom. The first kappa shape index (κ1) is 17.8. The van der Waals surface area contributed by atoms with Crippen molar-refractivity contribution in [2.24, 2.45) is 0 Å². The predicted molar refractivity (Wildman–Crippen MR) is 95.2 cm³/mol. The van der Waals surface area contributed by atoms with Crippen molar-refractivity contribution in [1.82, 2.24) is 10.0 Å². The number of hydrogen-bond donors (Lipinski definition) is 0. The summed E-state index contributed by atoms with van der Waals surface area (Å²) in [6.45, 7) is 0.0661. The van der Waals surface area contributed by atoms with Crippen molar-refractivity contribution >= 4 is 29.1 Å². The summed E-state index contributed by atoms with van der Waals surface area (Å²) >= 11 is 1.15. The van der Waals surface area contributed by atoms with Crippen LogP contribution in [0.5, 0.6) is 5.75 Å². The van der Waals surface area contributed by atoms with Crippen molar-refractivity contribution in [3.8, 4) is 5.75 Å². The van der Waals surface area contributed by atoms with Crippen LogP contribution < -0.4 is 4.74 Å². The van der Waals surface area contributed by atoms with Gasteiger partial charge in [-0.05, 0) is 36.4 Å². The maximum Gasteiger partial charge on any atom is 0.383 e. The van der Waals surface area contributed by atoms with Crippen LogP contribution in [0.4, 0.5) is 4.39 Å². The molecule has 140 valence electrons. The maximum atomic E-state index is 12.9. The number of halogens is 1. The molecule has 0 radical (unpaired) electrons. The van der Waals surface area contributed by atoms with Crippen molar-refractivity contribution in [3.05, 3.63) is 81.6 Å². The number of rotatable bonds is 5. The molecule has 0 saturated heterocycles. The van der Waals surface area contributed by atoms with Gasteiger partial charge >= 0.3 is 5.97 Å². The Balaban J connectivity index is 1.40. The Hall–Kier alpha value is -3.59. The molecule has 1 aliphatic rings. The highest BCUT2D eigenvalue weighted by molar-refractivity contribution is 7.09. The van der Waals surface area contributed by atoms with E-state index in [1.54, 1.807) is 12.1 Å². The smallest absolute Gasteiger partial charge is 0.383 e. The number of thiazole rings is 1. The van der Waals surface area contributed by atoms with Gasteiger partial charge in [-0.3, -0.25) is 9.59 Å². The average Bonchev–Trinajstić information content (AvgIpc) is 3.27. The molecule has 0 atom stereocenters. The molecular weight excluding hydrogens is 387 g/mol. The number of carbonyl (C=O) groups excluding carboxylic acids is 3. The highest BCUT2D eigenvalue weighted by Gasteiger charge is 2.39. The molecule has 0 bridgehead atoms. The first-order valence-corrected chi connectivity index (χ1v) is 8.94. The van der Waals surface area contributed by atoms with E-state index in [4.69, 9.17) is 9.57 Å². The molecule has 1 aromatic heterocycles. The van der Waals surface area contributed by atoms with E-state index in [2.05, 4.69) is 4.98 Å². The van der Waals surface area contributed by atoms with E-state index in [1.807, 2.05) is 0 Å². The zero-order valence-corrected chi connectivity index (χ0v) is 14.9. The van der Waals surface area contributed by atoms with Gasteiger partial charge in [0.2, 0.25) is 0 Å². The second kappa shape index (κ2) is 7.20. The molecule has 0 unspecified atom stereocenters. The number of fused-ring (bicyclic) bond motifs is 1. The second-order valence-corrected chi connectivity index (χ2v) is 6.64. The zero-order chi connectivity index (χ0) is 19.7. The van der Waals surface area contributed by atoms with E-state index in [9.17, 15) is 18.8 Å². The van der Waals surface area contributed by atoms with Crippen LogP contribution in [0.25, 0.3) is 0 Å². The fraction of sp³-hybridized carbons (Fsp3) is 0.0526. The third-order valence-corrected chi connectivity index (χ3v) is 4.69. The van der Waals surface area contributed by atoms with Gasteiger partial charge in [0.25, 0.3) is 11.8 Å². The normalized spacial score (nSPS) is 12.8. The van der Waals surface area contributed by atoms with Crippen molar-refractivity contribution in [3.63, 3.8) is 0 Å². The maximum absolute atomic E-state index is 12.9. The Morgan fingerprint density at radius 3 is 2.32 bits per heavy atom. The molecule has 7 nitrogen and oxygen atoms in total. The lowest BCUT2D eigenvalue weighted by molar-refractivity contribution is -0.0588. The summed E-state index contributed by atoms with van der Waals surface area (Å²) in [5.74, 6) is -2.27. The van der Waals surface area contributed by atoms with E-state index in [0.29, 0.717) is 15.8 Å². The summed E-state index contributed by atoms with van der Waals surface area (Å²) in [7, 11) is 0. The van der Waals surface area contributed by atoms with Crippen molar-refractivity contribution in [2.45, 2.75) is 6.61 Å². The average molecular weight is 398 g/mol. The molecular formula is C19H11FN2O5S. The number of hydrogen-bond acceptors (Lipinski definition) is 7. The number of carbonyl (C=O) groups is 3. The van der Waals surface area contributed by atoms with Gasteiger partial charge in [-0.2, -0.15) is 0 Å². The van der Waals surface area contributed by atoms with E-state index >= 15 is 0 Å². The Labute approximate surface area is 161 Å². The minimum absolute atomic E-state index is 0.0562. The number of amides is 2. The van der Waals surface area contributed by atoms with Crippen LogP contribution in [0.15, 0.2) is 53.9 Å². The summed E-state index contributed by atoms with van der Waals surface area (Å²) in [5, 5.41) is 2.34. The van der Waals surface area contributed by atoms with Crippen LogP contribution in [0.3, 0.4) is 0 Å². The van der Waals surface area contributed by atoms with E-state index in [1.165, 1.54) is 41.8 Å². The monoisotopic (exact) mass is 398 g/mol. The third kappa shape index (κ3) is 3.35. The largest absolute Gasteiger partial charge is 0.486 e. The SMILES string of the molecule is O=C(ON1C(=O)c2ccccc2C1=O)c1csc(COc2ccc(F)cc2)n1. The number of ether oxygens (including phenoxy) is 1. The van der Waals surface area contributed by atoms with E-state index < -0.39 is 17.8 Å². The Kier molecular flexibility index (Phi) is 4.58. The highest BCUT2D eigenvalue weighted by atomic mass is 32.1. The van der Waals surface area contributed by atoms with Crippen LogP contribution >= 0.6 is 11.3 Å². The van der Waals surface area contributed by atoms with Gasteiger partial charge in [-0.15, -0.1) is 11.3 Å². The topological polar surface area (TPSA) is 85.8 Å². The molecule has 3 aromatic rings. The van der Waals surface area contributed by atoms with Crippen LogP contribution in [0, 0.1) is 5.82 Å². The number of hydroxylamine groups is 2. The molecule has 1 aliphatic heterocycles. The van der Waals surface area contributed by atoms with Crippen LogP contribution in [-0.2, 0) is 11.4 Å². The lowest BCUT2D eigenvalue weighted by Crippen LogP contribution is -2.32. The minimum Gasteiger partial charge on any atom is -0.486 e. The summed E-state index contributed by atoms with van der Waals surface area (Å²) in [4.78, 5) is 45.7. The second-order valence-electron chi connectivity index (χ2n) is 5.70. The van der Waals surface area contributed by atoms with Crippen molar-refractivity contribution < 1.29 is 28.3 Å². The van der Waals surface area contributed by atoms with Crippen LogP contribution in [-0.4, -0.2) is 27.8 Å². The number of imide groups is 1. The molecule has 0 saturated carbocycles. The van der Waals surface area contributed by atoms with Gasteiger partial charge in [0, 0.05) is 5.38 Å². The molecule has 0 spiro atoms. The summed E-state index contributed by atoms with van der Waals surface area (Å²) in [6.07, 6.45) is 0. The number of nitrogens with zero attached hydrogens (tertiary/aromatic N) is 2. The molecule has 2 aromatic carbocycles. The fourth-order valence-corrected chi connectivity index (χ4v) is 3.20.